The largest absolute Gasteiger partial charge is 0.469 e. The van der Waals surface area contributed by atoms with Crippen molar-refractivity contribution in [3.8, 4) is 0 Å². The number of hydroxylamine groups is 1. The van der Waals surface area contributed by atoms with Crippen LogP contribution in [0, 0.1) is 0 Å². The van der Waals surface area contributed by atoms with E-state index >= 15 is 0 Å². The summed E-state index contributed by atoms with van der Waals surface area (Å²) in [5.74, 6) is 0.954. The summed E-state index contributed by atoms with van der Waals surface area (Å²) in [6, 6.07) is 3.80. The first kappa shape index (κ1) is 7.31. The Morgan fingerprint density at radius 1 is 1.70 bits per heavy atom. The van der Waals surface area contributed by atoms with Crippen molar-refractivity contribution in [2.75, 3.05) is 13.7 Å². The van der Waals surface area contributed by atoms with Crippen LogP contribution in [0.4, 0.5) is 0 Å². The molecule has 1 heterocycles. The number of hydrogen-bond donors (Lipinski definition) is 1. The van der Waals surface area contributed by atoms with Crippen molar-refractivity contribution in [3.63, 3.8) is 0 Å². The SMILES string of the molecule is CNOCCc1ccco1. The third-order valence-corrected chi connectivity index (χ3v) is 1.17. The van der Waals surface area contributed by atoms with Crippen LogP contribution in [0.1, 0.15) is 5.76 Å². The molecule has 10 heavy (non-hydrogen) atoms. The average molecular weight is 141 g/mol. The van der Waals surface area contributed by atoms with Crippen LogP contribution < -0.4 is 5.48 Å². The van der Waals surface area contributed by atoms with E-state index in [0.29, 0.717) is 6.61 Å². The second kappa shape index (κ2) is 4.09. The van der Waals surface area contributed by atoms with Crippen LogP contribution >= 0.6 is 0 Å². The van der Waals surface area contributed by atoms with Crippen LogP contribution in [0.5, 0.6) is 0 Å². The summed E-state index contributed by atoms with van der Waals surface area (Å²) in [5, 5.41) is 0. The van der Waals surface area contributed by atoms with E-state index in [-0.39, 0.29) is 0 Å². The van der Waals surface area contributed by atoms with Gasteiger partial charge >= 0.3 is 0 Å². The summed E-state index contributed by atoms with van der Waals surface area (Å²) in [5.41, 5.74) is 2.59. The predicted molar refractivity (Wildman–Crippen MR) is 37.4 cm³/mol. The highest BCUT2D eigenvalue weighted by molar-refractivity contribution is 4.97. The lowest BCUT2D eigenvalue weighted by molar-refractivity contribution is 0.0581. The fraction of sp³-hybridized carbons (Fsp3) is 0.429. The standard InChI is InChI=1S/C7H11NO2/c1-8-10-6-4-7-3-2-5-9-7/h2-3,5,8H,4,6H2,1H3. The molecule has 0 aromatic carbocycles. The molecule has 0 bridgehead atoms. The zero-order chi connectivity index (χ0) is 7.23. The lowest BCUT2D eigenvalue weighted by Crippen LogP contribution is -2.09. The van der Waals surface area contributed by atoms with Gasteiger partial charge in [-0.3, -0.25) is 0 Å². The van der Waals surface area contributed by atoms with Crippen molar-refractivity contribution in [3.05, 3.63) is 24.2 Å². The first-order chi connectivity index (χ1) is 4.93. The summed E-state index contributed by atoms with van der Waals surface area (Å²) in [6.07, 6.45) is 2.47. The molecule has 0 amide bonds. The Balaban J connectivity index is 2.15. The molecule has 1 rings (SSSR count). The minimum absolute atomic E-state index is 0.643. The Morgan fingerprint density at radius 2 is 2.60 bits per heavy atom. The quantitative estimate of drug-likeness (QED) is 0.501. The zero-order valence-corrected chi connectivity index (χ0v) is 5.96. The molecule has 1 aromatic rings. The van der Waals surface area contributed by atoms with Gasteiger partial charge in [-0.25, -0.2) is 5.48 Å². The predicted octanol–water partition coefficient (Wildman–Crippen LogP) is 0.973. The van der Waals surface area contributed by atoms with Crippen molar-refractivity contribution in [1.29, 1.82) is 0 Å². The van der Waals surface area contributed by atoms with Gasteiger partial charge in [-0.05, 0) is 12.1 Å². The second-order valence-corrected chi connectivity index (χ2v) is 1.88. The molecule has 3 heteroatoms. The van der Waals surface area contributed by atoms with Crippen LogP contribution in [0.2, 0.25) is 0 Å². The van der Waals surface area contributed by atoms with Gasteiger partial charge in [0.15, 0.2) is 0 Å². The van der Waals surface area contributed by atoms with E-state index < -0.39 is 0 Å². The van der Waals surface area contributed by atoms with Crippen molar-refractivity contribution < 1.29 is 9.25 Å². The molecule has 0 atom stereocenters. The van der Waals surface area contributed by atoms with E-state index in [1.54, 1.807) is 13.3 Å². The molecule has 0 aliphatic heterocycles. The van der Waals surface area contributed by atoms with Gasteiger partial charge in [-0.15, -0.1) is 0 Å². The minimum Gasteiger partial charge on any atom is -0.469 e. The molecule has 0 radical (unpaired) electrons. The summed E-state index contributed by atoms with van der Waals surface area (Å²) < 4.78 is 5.07. The Bertz CT molecular complexity index is 160. The molecule has 56 valence electrons. The highest BCUT2D eigenvalue weighted by atomic mass is 16.6. The maximum Gasteiger partial charge on any atom is 0.106 e. The van der Waals surface area contributed by atoms with Crippen LogP contribution in [-0.2, 0) is 11.3 Å². The van der Waals surface area contributed by atoms with E-state index in [0.717, 1.165) is 12.2 Å². The van der Waals surface area contributed by atoms with Gasteiger partial charge < -0.3 is 9.25 Å². The molecule has 0 unspecified atom stereocenters. The smallest absolute Gasteiger partial charge is 0.106 e. The van der Waals surface area contributed by atoms with Gasteiger partial charge in [-0.1, -0.05) is 0 Å². The van der Waals surface area contributed by atoms with E-state index in [1.807, 2.05) is 12.1 Å². The lowest BCUT2D eigenvalue weighted by Gasteiger charge is -1.96. The van der Waals surface area contributed by atoms with Crippen LogP contribution in [0.25, 0.3) is 0 Å². The zero-order valence-electron chi connectivity index (χ0n) is 5.96. The Hall–Kier alpha value is -0.800. The van der Waals surface area contributed by atoms with Gasteiger partial charge in [0.05, 0.1) is 12.9 Å². The highest BCUT2D eigenvalue weighted by Crippen LogP contribution is 1.99. The first-order valence-corrected chi connectivity index (χ1v) is 3.24. The topological polar surface area (TPSA) is 34.4 Å². The fourth-order valence-electron chi connectivity index (χ4n) is 0.709. The van der Waals surface area contributed by atoms with Crippen LogP contribution in [0.3, 0.4) is 0 Å². The van der Waals surface area contributed by atoms with Crippen molar-refractivity contribution in [1.82, 2.24) is 5.48 Å². The van der Waals surface area contributed by atoms with E-state index in [4.69, 9.17) is 9.25 Å². The van der Waals surface area contributed by atoms with E-state index in [1.165, 1.54) is 0 Å². The summed E-state index contributed by atoms with van der Waals surface area (Å²) in [7, 11) is 1.74. The first-order valence-electron chi connectivity index (χ1n) is 3.24. The lowest BCUT2D eigenvalue weighted by atomic mass is 10.3. The Kier molecular flexibility index (Phi) is 2.99. The summed E-state index contributed by atoms with van der Waals surface area (Å²) >= 11 is 0. The fourth-order valence-corrected chi connectivity index (χ4v) is 0.709. The van der Waals surface area contributed by atoms with Crippen molar-refractivity contribution in [2.45, 2.75) is 6.42 Å². The molecule has 0 saturated carbocycles. The highest BCUT2D eigenvalue weighted by Gasteiger charge is 1.93. The van der Waals surface area contributed by atoms with Gasteiger partial charge in [0.2, 0.25) is 0 Å². The molecule has 0 spiro atoms. The van der Waals surface area contributed by atoms with Crippen molar-refractivity contribution >= 4 is 0 Å². The molecule has 0 saturated heterocycles. The molecular weight excluding hydrogens is 130 g/mol. The van der Waals surface area contributed by atoms with Gasteiger partial charge in [-0.2, -0.15) is 0 Å². The van der Waals surface area contributed by atoms with E-state index in [2.05, 4.69) is 5.48 Å². The average Bonchev–Trinajstić information content (AvgIpc) is 2.41. The Morgan fingerprint density at radius 3 is 3.20 bits per heavy atom. The molecule has 3 nitrogen and oxygen atoms in total. The maximum atomic E-state index is 5.07. The van der Waals surface area contributed by atoms with Crippen molar-refractivity contribution in [2.24, 2.45) is 0 Å². The Labute approximate surface area is 59.9 Å². The molecular formula is C7H11NO2. The number of furan rings is 1. The third-order valence-electron chi connectivity index (χ3n) is 1.17. The van der Waals surface area contributed by atoms with Crippen LogP contribution in [-0.4, -0.2) is 13.7 Å². The number of hydrogen-bond acceptors (Lipinski definition) is 3. The van der Waals surface area contributed by atoms with Crippen LogP contribution in [0.15, 0.2) is 22.8 Å². The monoisotopic (exact) mass is 141 g/mol. The third kappa shape index (κ3) is 2.21. The molecule has 0 aliphatic rings. The van der Waals surface area contributed by atoms with Gasteiger partial charge in [0.25, 0.3) is 0 Å². The maximum absolute atomic E-state index is 5.07. The summed E-state index contributed by atoms with van der Waals surface area (Å²) in [6.45, 7) is 0.643. The van der Waals surface area contributed by atoms with Gasteiger partial charge in [0, 0.05) is 13.5 Å². The van der Waals surface area contributed by atoms with E-state index in [9.17, 15) is 0 Å². The summed E-state index contributed by atoms with van der Waals surface area (Å²) in [4.78, 5) is 4.90. The number of nitrogens with one attached hydrogen (secondary N) is 1. The molecule has 1 aromatic heterocycles. The molecule has 0 aliphatic carbocycles. The molecule has 1 N–H and O–H groups in total. The second-order valence-electron chi connectivity index (χ2n) is 1.88. The van der Waals surface area contributed by atoms with Gasteiger partial charge in [0.1, 0.15) is 5.76 Å². The minimum atomic E-state index is 0.643. The normalized spacial score (nSPS) is 10.1. The molecule has 0 fully saturated rings. The number of rotatable bonds is 4.